The fourth-order valence-corrected chi connectivity index (χ4v) is 2.38. The van der Waals surface area contributed by atoms with E-state index in [0.717, 1.165) is 31.2 Å². The minimum atomic E-state index is -0.0223. The Morgan fingerprint density at radius 1 is 1.35 bits per heavy atom. The molecule has 1 fully saturated rings. The molecule has 1 aromatic carbocycles. The molecule has 106 valence electrons. The predicted octanol–water partition coefficient (Wildman–Crippen LogP) is 1.94. The molecule has 20 heavy (non-hydrogen) atoms. The SMILES string of the molecule is CC1(c2nc(CCOc3ccccc3)no2)CCNC1. The van der Waals surface area contributed by atoms with E-state index < -0.39 is 0 Å². The first-order valence-electron chi connectivity index (χ1n) is 6.98. The van der Waals surface area contributed by atoms with Crippen molar-refractivity contribution in [2.75, 3.05) is 19.7 Å². The Balaban J connectivity index is 1.55. The summed E-state index contributed by atoms with van der Waals surface area (Å²) in [5, 5.41) is 7.38. The highest BCUT2D eigenvalue weighted by molar-refractivity contribution is 5.20. The van der Waals surface area contributed by atoms with Gasteiger partial charge in [0.25, 0.3) is 0 Å². The summed E-state index contributed by atoms with van der Waals surface area (Å²) in [6, 6.07) is 9.75. The van der Waals surface area contributed by atoms with Gasteiger partial charge in [0.05, 0.1) is 12.0 Å². The molecular formula is C15H19N3O2. The second-order valence-electron chi connectivity index (χ2n) is 5.41. The first kappa shape index (κ1) is 13.1. The molecule has 3 rings (SSSR count). The maximum absolute atomic E-state index is 5.64. The third-order valence-corrected chi connectivity index (χ3v) is 3.69. The van der Waals surface area contributed by atoms with Gasteiger partial charge in [-0.15, -0.1) is 0 Å². The van der Waals surface area contributed by atoms with E-state index in [1.54, 1.807) is 0 Å². The summed E-state index contributed by atoms with van der Waals surface area (Å²) in [5.41, 5.74) is -0.0223. The molecule has 1 atom stereocenters. The summed E-state index contributed by atoms with van der Waals surface area (Å²) in [7, 11) is 0. The Bertz CT molecular complexity index is 547. The van der Waals surface area contributed by atoms with Crippen LogP contribution in [0.15, 0.2) is 34.9 Å². The summed E-state index contributed by atoms with van der Waals surface area (Å²) >= 11 is 0. The van der Waals surface area contributed by atoms with Crippen LogP contribution in [0.1, 0.15) is 25.1 Å². The second kappa shape index (κ2) is 5.63. The van der Waals surface area contributed by atoms with Gasteiger partial charge in [-0.1, -0.05) is 23.4 Å². The average Bonchev–Trinajstić information content (AvgIpc) is 3.10. The van der Waals surface area contributed by atoms with E-state index in [-0.39, 0.29) is 5.41 Å². The predicted molar refractivity (Wildman–Crippen MR) is 74.8 cm³/mol. The molecule has 0 saturated carbocycles. The van der Waals surface area contributed by atoms with Crippen molar-refractivity contribution in [2.24, 2.45) is 0 Å². The number of nitrogens with one attached hydrogen (secondary N) is 1. The highest BCUT2D eigenvalue weighted by atomic mass is 16.5. The van der Waals surface area contributed by atoms with Gasteiger partial charge in [-0.3, -0.25) is 0 Å². The monoisotopic (exact) mass is 273 g/mol. The van der Waals surface area contributed by atoms with Gasteiger partial charge in [0.15, 0.2) is 5.82 Å². The number of hydrogen-bond acceptors (Lipinski definition) is 5. The lowest BCUT2D eigenvalue weighted by atomic mass is 9.90. The van der Waals surface area contributed by atoms with Gasteiger partial charge < -0.3 is 14.6 Å². The fraction of sp³-hybridized carbons (Fsp3) is 0.467. The number of rotatable bonds is 5. The second-order valence-corrected chi connectivity index (χ2v) is 5.41. The summed E-state index contributed by atoms with van der Waals surface area (Å²) in [6.07, 6.45) is 1.69. The molecule has 0 aliphatic carbocycles. The zero-order valence-corrected chi connectivity index (χ0v) is 11.6. The van der Waals surface area contributed by atoms with Gasteiger partial charge in [-0.25, -0.2) is 0 Å². The van der Waals surface area contributed by atoms with Crippen molar-refractivity contribution in [2.45, 2.75) is 25.2 Å². The molecule has 0 amide bonds. The lowest BCUT2D eigenvalue weighted by Gasteiger charge is -2.15. The topological polar surface area (TPSA) is 60.2 Å². The van der Waals surface area contributed by atoms with Gasteiger partial charge in [-0.2, -0.15) is 4.98 Å². The van der Waals surface area contributed by atoms with E-state index in [1.165, 1.54) is 0 Å². The van der Waals surface area contributed by atoms with Crippen LogP contribution in [0.3, 0.4) is 0 Å². The van der Waals surface area contributed by atoms with Crippen LogP contribution in [0.5, 0.6) is 5.75 Å². The van der Waals surface area contributed by atoms with Crippen molar-refractivity contribution in [3.63, 3.8) is 0 Å². The largest absolute Gasteiger partial charge is 0.493 e. The van der Waals surface area contributed by atoms with Crippen molar-refractivity contribution < 1.29 is 9.26 Å². The molecule has 5 nitrogen and oxygen atoms in total. The number of nitrogens with zero attached hydrogens (tertiary/aromatic N) is 2. The molecule has 1 unspecified atom stereocenters. The summed E-state index contributed by atoms with van der Waals surface area (Å²) in [6.45, 7) is 4.61. The van der Waals surface area contributed by atoms with Crippen LogP contribution >= 0.6 is 0 Å². The molecule has 2 heterocycles. The number of ether oxygens (including phenoxy) is 1. The first-order chi connectivity index (χ1) is 9.76. The van der Waals surface area contributed by atoms with E-state index in [4.69, 9.17) is 9.26 Å². The standard InChI is InChI=1S/C15H19N3O2/c1-15(8-9-16-11-15)14-17-13(18-20-14)7-10-19-12-5-3-2-4-6-12/h2-6,16H,7-11H2,1H3. The molecule has 0 bridgehead atoms. The van der Waals surface area contributed by atoms with Crippen molar-refractivity contribution in [1.82, 2.24) is 15.5 Å². The summed E-state index contributed by atoms with van der Waals surface area (Å²) < 4.78 is 11.0. The van der Waals surface area contributed by atoms with Crippen LogP contribution in [0.4, 0.5) is 0 Å². The maximum atomic E-state index is 5.64. The summed E-state index contributed by atoms with van der Waals surface area (Å²) in [5.74, 6) is 2.31. The Kier molecular flexibility index (Phi) is 3.69. The smallest absolute Gasteiger partial charge is 0.233 e. The minimum absolute atomic E-state index is 0.0223. The molecule has 1 saturated heterocycles. The first-order valence-corrected chi connectivity index (χ1v) is 6.98. The van der Waals surface area contributed by atoms with Gasteiger partial charge in [-0.05, 0) is 32.0 Å². The Morgan fingerprint density at radius 2 is 2.20 bits per heavy atom. The Labute approximate surface area is 118 Å². The number of hydrogen-bond donors (Lipinski definition) is 1. The number of benzene rings is 1. The summed E-state index contributed by atoms with van der Waals surface area (Å²) in [4.78, 5) is 4.50. The molecule has 5 heteroatoms. The van der Waals surface area contributed by atoms with Gasteiger partial charge >= 0.3 is 0 Å². The van der Waals surface area contributed by atoms with Gasteiger partial charge in [0.2, 0.25) is 5.89 Å². The van der Waals surface area contributed by atoms with Crippen LogP contribution in [-0.2, 0) is 11.8 Å². The van der Waals surface area contributed by atoms with E-state index in [9.17, 15) is 0 Å². The lowest BCUT2D eigenvalue weighted by Crippen LogP contribution is -2.25. The van der Waals surface area contributed by atoms with E-state index in [1.807, 2.05) is 30.3 Å². The van der Waals surface area contributed by atoms with Crippen molar-refractivity contribution >= 4 is 0 Å². The zero-order valence-electron chi connectivity index (χ0n) is 11.6. The van der Waals surface area contributed by atoms with Gasteiger partial charge in [0.1, 0.15) is 5.75 Å². The highest BCUT2D eigenvalue weighted by Crippen LogP contribution is 2.28. The molecule has 2 aromatic rings. The van der Waals surface area contributed by atoms with Crippen molar-refractivity contribution in [3.05, 3.63) is 42.0 Å². The Morgan fingerprint density at radius 3 is 2.95 bits per heavy atom. The lowest BCUT2D eigenvalue weighted by molar-refractivity contribution is 0.297. The molecule has 1 aliphatic rings. The molecule has 0 spiro atoms. The van der Waals surface area contributed by atoms with Crippen LogP contribution < -0.4 is 10.1 Å². The maximum Gasteiger partial charge on any atom is 0.233 e. The van der Waals surface area contributed by atoms with Crippen LogP contribution in [0.2, 0.25) is 0 Å². The van der Waals surface area contributed by atoms with E-state index in [0.29, 0.717) is 18.9 Å². The van der Waals surface area contributed by atoms with Crippen LogP contribution in [0, 0.1) is 0 Å². The third kappa shape index (κ3) is 2.82. The van der Waals surface area contributed by atoms with Crippen LogP contribution in [-0.4, -0.2) is 29.8 Å². The van der Waals surface area contributed by atoms with Gasteiger partial charge in [0, 0.05) is 13.0 Å². The Hall–Kier alpha value is -1.88. The molecule has 0 radical (unpaired) electrons. The molecule has 1 N–H and O–H groups in total. The minimum Gasteiger partial charge on any atom is -0.493 e. The molecule has 1 aliphatic heterocycles. The van der Waals surface area contributed by atoms with Crippen molar-refractivity contribution in [1.29, 1.82) is 0 Å². The average molecular weight is 273 g/mol. The quantitative estimate of drug-likeness (QED) is 0.902. The normalized spacial score (nSPS) is 22.1. The number of aromatic nitrogens is 2. The zero-order chi connectivity index (χ0) is 13.8. The fourth-order valence-electron chi connectivity index (χ4n) is 2.38. The van der Waals surface area contributed by atoms with Crippen molar-refractivity contribution in [3.8, 4) is 5.75 Å². The van der Waals surface area contributed by atoms with E-state index >= 15 is 0 Å². The van der Waals surface area contributed by atoms with Crippen LogP contribution in [0.25, 0.3) is 0 Å². The molecule has 1 aromatic heterocycles. The number of para-hydroxylation sites is 1. The molecular weight excluding hydrogens is 254 g/mol. The van der Waals surface area contributed by atoms with E-state index in [2.05, 4.69) is 22.4 Å². The third-order valence-electron chi connectivity index (χ3n) is 3.69. The highest BCUT2D eigenvalue weighted by Gasteiger charge is 2.36.